The van der Waals surface area contributed by atoms with Gasteiger partial charge in [0.1, 0.15) is 48.3 Å². The number of hydrogen-bond acceptors (Lipinski definition) is 22. The van der Waals surface area contributed by atoms with E-state index in [1.807, 2.05) is 28.8 Å². The SMILES string of the molecule is C1CCOC1.CC(C)[Si]1(C(C)C)OC[C@H]2O[C@@H](n3cnc4c(NC(=O)c5ccccc5)ncnc43)[C@](O)(CCOS(C)(=O)=O)[C@@H]2O[Si](C(C)C)(C(C)C)O1.CC(C)[Si]1(C(C)C)OC[C@H]2O[C@@H](n3cnc4c(NC(=O)c5ccccc5)ncnc43)[C@]3(CCO3)[C@@H]2O[Si](C(C)C)(C(C)C)O1.[H-].[Na+]. The Kier molecular flexibility index (Phi) is 25.6. The van der Waals surface area contributed by atoms with Crippen molar-refractivity contribution >= 4 is 90.1 Å². The van der Waals surface area contributed by atoms with Crippen molar-refractivity contribution in [3.63, 3.8) is 0 Å². The number of hydrogen-bond donors (Lipinski definition) is 3. The number of benzene rings is 2. The standard InChI is InChI=1S/C32H49N5O9SSi2.C31H45N5O6Si2.C4H8O.Na.H/c1-20(2)48(21(3)4)43-17-25-27(45-49(46-48,22(5)6)23(7)8)32(39,15-16-42-47(9,40)41)31(44-25)37-19-35-26-28(33-18-34-29(26)37)36-30(38)24-13-11-10-12-14-24;1-19(2)43(20(3)4)39-16-24-26(41-44(42-43,21(5)6)22(7)8)31(14-15-38-31)30(40-24)36-18-34-25-27(32-17-33-28(25)36)35-29(37)23-12-10-9-11-13-23;1-2-4-5-3-1;;/h10-14,18-23,25,27,31,39H,15-17H2,1-9H3,(H,33,34,36,38);9-13,17-22,24,26,30H,14-16H2,1-8H3,(H,32,33,35,37);1-4H2;;/q;;;+1;-1/t25-,27-,31-,32+;24-,26-,30-,31+;;;/m11.../s1. The Balaban J connectivity index is 0.000000234. The van der Waals surface area contributed by atoms with Crippen LogP contribution in [0.4, 0.5) is 11.6 Å². The zero-order valence-corrected chi connectivity index (χ0v) is 67.6. The Bertz CT molecular complexity index is 3780. The molecule has 2 aromatic carbocycles. The number of rotatable bonds is 18. The molecule has 99 heavy (non-hydrogen) atoms. The minimum absolute atomic E-state index is 0. The molecule has 32 heteroatoms. The second-order valence-corrected chi connectivity index (χ2v) is 48.3. The molecule has 12 rings (SSSR count). The van der Waals surface area contributed by atoms with Crippen LogP contribution in [0.25, 0.3) is 22.3 Å². The van der Waals surface area contributed by atoms with Gasteiger partial charge in [0.15, 0.2) is 46.4 Å². The summed E-state index contributed by atoms with van der Waals surface area (Å²) in [6.45, 7) is 37.2. The molecule has 1 spiro atoms. The Hall–Kier alpha value is -4.18. The predicted octanol–water partition coefficient (Wildman–Crippen LogP) is 9.03. The number of carbonyl (C=O) groups is 2. The topological polar surface area (TPSA) is 301 Å². The van der Waals surface area contributed by atoms with Crippen molar-refractivity contribution in [2.45, 2.75) is 229 Å². The number of carbonyl (C=O) groups excluding carboxylic acids is 2. The number of ether oxygens (including phenoxy) is 4. The van der Waals surface area contributed by atoms with E-state index in [4.69, 9.17) is 49.1 Å². The first-order valence-corrected chi connectivity index (χ1v) is 44.3. The van der Waals surface area contributed by atoms with E-state index in [0.29, 0.717) is 41.3 Å². The summed E-state index contributed by atoms with van der Waals surface area (Å²) in [5.41, 5.74) is 0.864. The minimum atomic E-state index is -3.82. The molecule has 6 aromatic rings. The van der Waals surface area contributed by atoms with E-state index in [9.17, 15) is 23.1 Å². The number of imidazole rings is 2. The van der Waals surface area contributed by atoms with Crippen LogP contribution in [-0.2, 0) is 59.2 Å². The van der Waals surface area contributed by atoms with Crippen LogP contribution >= 0.6 is 0 Å². The molecule has 6 saturated heterocycles. The second-order valence-electron chi connectivity index (χ2n) is 29.0. The van der Waals surface area contributed by atoms with Crippen molar-refractivity contribution in [1.82, 2.24) is 39.0 Å². The maximum atomic E-state index is 13.0. The normalized spacial score (nSPS) is 26.3. The average molecular weight is 1470 g/mol. The number of nitrogens with one attached hydrogen (secondary N) is 2. The molecular weight excluding hydrogens is 1370 g/mol. The molecule has 0 unspecified atom stereocenters. The van der Waals surface area contributed by atoms with Gasteiger partial charge in [0, 0.05) is 37.2 Å². The summed E-state index contributed by atoms with van der Waals surface area (Å²) in [7, 11) is -15.6. The summed E-state index contributed by atoms with van der Waals surface area (Å²) < 4.78 is 101. The van der Waals surface area contributed by atoms with Crippen LogP contribution in [0.2, 0.25) is 44.3 Å². The van der Waals surface area contributed by atoms with Crippen LogP contribution in [-0.4, -0.2) is 180 Å². The van der Waals surface area contributed by atoms with Crippen LogP contribution in [0.5, 0.6) is 0 Å². The number of fused-ring (bicyclic) bond motifs is 5. The first kappa shape index (κ1) is 78.9. The number of nitrogens with zero attached hydrogens (tertiary/aromatic N) is 8. The first-order chi connectivity index (χ1) is 46.4. The zero-order valence-electron chi connectivity index (χ0n) is 61.8. The molecule has 2 amide bonds. The van der Waals surface area contributed by atoms with Gasteiger partial charge < -0.3 is 62.0 Å². The average Bonchev–Trinajstić information content (AvgIpc) is 1.53. The van der Waals surface area contributed by atoms with Gasteiger partial charge in [-0.15, -0.1) is 0 Å². The molecule has 8 atom stereocenters. The maximum Gasteiger partial charge on any atom is 1.00 e. The summed E-state index contributed by atoms with van der Waals surface area (Å²) in [5, 5.41) is 18.5. The zero-order chi connectivity index (χ0) is 70.9. The monoisotopic (exact) mass is 1470 g/mol. The quantitative estimate of drug-likeness (QED) is 0.0534. The van der Waals surface area contributed by atoms with E-state index in [0.717, 1.165) is 25.9 Å². The van der Waals surface area contributed by atoms with E-state index in [1.165, 1.54) is 31.8 Å². The molecule has 6 aliphatic rings. The second kappa shape index (κ2) is 32.0. The van der Waals surface area contributed by atoms with E-state index in [2.05, 4.69) is 151 Å². The molecule has 26 nitrogen and oxygen atoms in total. The molecule has 0 bridgehead atoms. The number of anilines is 2. The summed E-state index contributed by atoms with van der Waals surface area (Å²) in [5.74, 6) is -0.141. The Labute approximate surface area is 610 Å². The van der Waals surface area contributed by atoms with Gasteiger partial charge in [-0.2, -0.15) is 8.42 Å². The smallest absolute Gasteiger partial charge is 1.00 e. The molecule has 3 N–H and O–H groups in total. The first-order valence-electron chi connectivity index (χ1n) is 34.6. The Morgan fingerprint density at radius 1 is 0.586 bits per heavy atom. The molecule has 0 saturated carbocycles. The third-order valence-electron chi connectivity index (χ3n) is 20.0. The van der Waals surface area contributed by atoms with Gasteiger partial charge in [-0.1, -0.05) is 147 Å². The summed E-state index contributed by atoms with van der Waals surface area (Å²) in [6.07, 6.45) is 5.73. The van der Waals surface area contributed by atoms with E-state index >= 15 is 0 Å². The van der Waals surface area contributed by atoms with Gasteiger partial charge in [0.2, 0.25) is 0 Å². The van der Waals surface area contributed by atoms with Crippen molar-refractivity contribution in [3.8, 4) is 0 Å². The summed E-state index contributed by atoms with van der Waals surface area (Å²) >= 11 is 0. The molecule has 0 radical (unpaired) electrons. The predicted molar refractivity (Wildman–Crippen MR) is 380 cm³/mol. The molecule has 6 aliphatic heterocycles. The third kappa shape index (κ3) is 15.6. The van der Waals surface area contributed by atoms with E-state index < -0.39 is 80.2 Å². The fourth-order valence-corrected chi connectivity index (χ4v) is 37.6. The van der Waals surface area contributed by atoms with Crippen molar-refractivity contribution in [3.05, 3.63) is 97.1 Å². The molecule has 4 aromatic heterocycles. The fourth-order valence-electron chi connectivity index (χ4n) is 14.7. The number of amides is 2. The molecule has 0 aliphatic carbocycles. The molecular formula is C67H103N10NaO16SSi4. The van der Waals surface area contributed by atoms with E-state index in [1.54, 1.807) is 47.3 Å². The molecule has 10 heterocycles. The Morgan fingerprint density at radius 2 is 0.980 bits per heavy atom. The fraction of sp³-hybridized carbons (Fsp3) is 0.642. The van der Waals surface area contributed by atoms with Crippen LogP contribution in [0.1, 0.15) is 171 Å². The van der Waals surface area contributed by atoms with Gasteiger partial charge >= 0.3 is 63.8 Å². The third-order valence-corrected chi connectivity index (χ3v) is 41.1. The van der Waals surface area contributed by atoms with Crippen LogP contribution < -0.4 is 40.2 Å². The van der Waals surface area contributed by atoms with Gasteiger partial charge in [-0.25, -0.2) is 29.9 Å². The maximum absolute atomic E-state index is 13.0. The molecule has 540 valence electrons. The van der Waals surface area contributed by atoms with Crippen LogP contribution in [0.15, 0.2) is 86.0 Å². The van der Waals surface area contributed by atoms with Gasteiger partial charge in [-0.3, -0.25) is 22.9 Å². The van der Waals surface area contributed by atoms with Gasteiger partial charge in [0.25, 0.3) is 21.9 Å². The summed E-state index contributed by atoms with van der Waals surface area (Å²) in [6, 6.07) is 17.7. The van der Waals surface area contributed by atoms with Gasteiger partial charge in [-0.05, 0) is 81.4 Å². The van der Waals surface area contributed by atoms with Crippen molar-refractivity contribution < 1.29 is 103 Å². The van der Waals surface area contributed by atoms with Gasteiger partial charge in [0.05, 0.1) is 45.3 Å². The molecule has 6 fully saturated rings. The number of aliphatic hydroxyl groups is 1. The largest absolute Gasteiger partial charge is 1.00 e. The number of aromatic nitrogens is 8. The Morgan fingerprint density at radius 3 is 1.35 bits per heavy atom. The van der Waals surface area contributed by atoms with Crippen molar-refractivity contribution in [2.75, 3.05) is 56.5 Å². The van der Waals surface area contributed by atoms with E-state index in [-0.39, 0.29) is 136 Å². The minimum Gasteiger partial charge on any atom is -1.00 e. The van der Waals surface area contributed by atoms with Crippen LogP contribution in [0, 0.1) is 0 Å². The van der Waals surface area contributed by atoms with Crippen molar-refractivity contribution in [2.24, 2.45) is 0 Å². The summed E-state index contributed by atoms with van der Waals surface area (Å²) in [4.78, 5) is 52.8. The van der Waals surface area contributed by atoms with Crippen LogP contribution in [0.3, 0.4) is 0 Å². The van der Waals surface area contributed by atoms with Crippen molar-refractivity contribution in [1.29, 1.82) is 0 Å².